The molecule has 1 atom stereocenters. The van der Waals surface area contributed by atoms with Crippen molar-refractivity contribution >= 4 is 35.8 Å². The lowest BCUT2D eigenvalue weighted by molar-refractivity contribution is 0.102. The normalized spacial score (nSPS) is 17.0. The van der Waals surface area contributed by atoms with Crippen LogP contribution in [0.3, 0.4) is 0 Å². The van der Waals surface area contributed by atoms with Crippen LogP contribution < -0.4 is 10.6 Å². The largest absolute Gasteiger partial charge is 0.322 e. The van der Waals surface area contributed by atoms with Gasteiger partial charge >= 0.3 is 0 Å². The van der Waals surface area contributed by atoms with Gasteiger partial charge in [0.2, 0.25) is 0 Å². The molecule has 1 aromatic heterocycles. The van der Waals surface area contributed by atoms with E-state index in [1.54, 1.807) is 24.0 Å². The van der Waals surface area contributed by atoms with Crippen molar-refractivity contribution in [2.75, 3.05) is 24.7 Å². The number of anilines is 1. The highest BCUT2D eigenvalue weighted by molar-refractivity contribution is 7.98. The monoisotopic (exact) mass is 363 g/mol. The van der Waals surface area contributed by atoms with Crippen molar-refractivity contribution in [1.29, 1.82) is 0 Å². The van der Waals surface area contributed by atoms with Crippen molar-refractivity contribution < 1.29 is 4.79 Å². The van der Waals surface area contributed by atoms with Crippen LogP contribution >= 0.6 is 24.2 Å². The van der Waals surface area contributed by atoms with E-state index in [4.69, 9.17) is 0 Å². The van der Waals surface area contributed by atoms with Crippen LogP contribution in [0.2, 0.25) is 0 Å². The number of halogens is 1. The lowest BCUT2D eigenvalue weighted by atomic mass is 9.92. The Kier molecular flexibility index (Phi) is 7.09. The maximum Gasteiger partial charge on any atom is 0.257 e. The summed E-state index contributed by atoms with van der Waals surface area (Å²) in [5.74, 6) is 0.453. The second kappa shape index (κ2) is 9.06. The lowest BCUT2D eigenvalue weighted by Gasteiger charge is -2.23. The number of aromatic nitrogens is 1. The molecule has 1 saturated heterocycles. The Balaban J connectivity index is 0.00000208. The molecule has 0 aliphatic carbocycles. The second-order valence-electron chi connectivity index (χ2n) is 5.71. The third kappa shape index (κ3) is 4.72. The van der Waals surface area contributed by atoms with E-state index in [0.717, 1.165) is 23.8 Å². The molecule has 3 rings (SSSR count). The minimum Gasteiger partial charge on any atom is -0.322 e. The van der Waals surface area contributed by atoms with Gasteiger partial charge in [0.1, 0.15) is 0 Å². The van der Waals surface area contributed by atoms with E-state index >= 15 is 0 Å². The minimum atomic E-state index is -0.128. The Morgan fingerprint density at radius 3 is 2.62 bits per heavy atom. The van der Waals surface area contributed by atoms with Crippen LogP contribution in [0.4, 0.5) is 5.69 Å². The van der Waals surface area contributed by atoms with Gasteiger partial charge in [-0.25, -0.2) is 4.98 Å². The standard InChI is InChI=1S/C18H21N3OS.ClH/c1-23-17-9-6-15(12-20-17)18(22)21-16-7-4-13(5-8-16)14-3-2-10-19-11-14;/h4-9,12,14,19H,2-3,10-11H2,1H3,(H,21,22);1H. The molecule has 2 N–H and O–H groups in total. The summed E-state index contributed by atoms with van der Waals surface area (Å²) in [5.41, 5.74) is 2.72. The highest BCUT2D eigenvalue weighted by Gasteiger charge is 2.15. The summed E-state index contributed by atoms with van der Waals surface area (Å²) >= 11 is 1.56. The third-order valence-electron chi connectivity index (χ3n) is 4.14. The van der Waals surface area contributed by atoms with Crippen LogP contribution in [0, 0.1) is 0 Å². The van der Waals surface area contributed by atoms with E-state index in [2.05, 4.69) is 27.8 Å². The van der Waals surface area contributed by atoms with E-state index in [9.17, 15) is 4.79 Å². The van der Waals surface area contributed by atoms with Crippen molar-refractivity contribution in [3.63, 3.8) is 0 Å². The number of rotatable bonds is 4. The van der Waals surface area contributed by atoms with Crippen LogP contribution in [0.1, 0.15) is 34.7 Å². The summed E-state index contributed by atoms with van der Waals surface area (Å²) in [7, 11) is 0. The molecular weight excluding hydrogens is 342 g/mol. The van der Waals surface area contributed by atoms with Gasteiger partial charge in [0.05, 0.1) is 10.6 Å². The number of amides is 1. The first-order valence-corrected chi connectivity index (χ1v) is 9.11. The van der Waals surface area contributed by atoms with Crippen LogP contribution in [-0.4, -0.2) is 30.2 Å². The fourth-order valence-corrected chi connectivity index (χ4v) is 3.18. The molecule has 0 radical (unpaired) electrons. The Hall–Kier alpha value is -1.56. The van der Waals surface area contributed by atoms with Gasteiger partial charge in [0.15, 0.2) is 0 Å². The van der Waals surface area contributed by atoms with Gasteiger partial charge in [0, 0.05) is 18.4 Å². The predicted octanol–water partition coefficient (Wildman–Crippen LogP) is 3.94. The molecule has 0 saturated carbocycles. The average Bonchev–Trinajstić information content (AvgIpc) is 2.63. The summed E-state index contributed by atoms with van der Waals surface area (Å²) in [6.45, 7) is 2.16. The van der Waals surface area contributed by atoms with Crippen LogP contribution in [-0.2, 0) is 0 Å². The molecule has 2 heterocycles. The smallest absolute Gasteiger partial charge is 0.257 e. The van der Waals surface area contributed by atoms with Gasteiger partial charge in [-0.1, -0.05) is 12.1 Å². The maximum atomic E-state index is 12.2. The topological polar surface area (TPSA) is 54.0 Å². The number of benzene rings is 1. The number of carbonyl (C=O) groups excluding carboxylic acids is 1. The number of nitrogens with zero attached hydrogens (tertiary/aromatic N) is 1. The number of thioether (sulfide) groups is 1. The van der Waals surface area contributed by atoms with Gasteiger partial charge in [-0.3, -0.25) is 4.79 Å². The molecule has 24 heavy (non-hydrogen) atoms. The molecule has 128 valence electrons. The van der Waals surface area contributed by atoms with Crippen LogP contribution in [0.15, 0.2) is 47.6 Å². The zero-order chi connectivity index (χ0) is 16.1. The van der Waals surface area contributed by atoms with Gasteiger partial charge in [-0.2, -0.15) is 0 Å². The summed E-state index contributed by atoms with van der Waals surface area (Å²) in [6.07, 6.45) is 6.03. The van der Waals surface area contributed by atoms with E-state index in [1.165, 1.54) is 18.4 Å². The molecule has 1 unspecified atom stereocenters. The summed E-state index contributed by atoms with van der Waals surface area (Å²) < 4.78 is 0. The lowest BCUT2D eigenvalue weighted by Crippen LogP contribution is -2.28. The maximum absolute atomic E-state index is 12.2. The zero-order valence-electron chi connectivity index (χ0n) is 13.6. The number of hydrogen-bond donors (Lipinski definition) is 2. The SMILES string of the molecule is CSc1ccc(C(=O)Nc2ccc(C3CCCNC3)cc2)cn1.Cl. The van der Waals surface area contributed by atoms with Crippen molar-refractivity contribution in [3.8, 4) is 0 Å². The first-order valence-electron chi connectivity index (χ1n) is 7.88. The third-order valence-corrected chi connectivity index (χ3v) is 4.80. The fraction of sp³-hybridized carbons (Fsp3) is 0.333. The van der Waals surface area contributed by atoms with Crippen molar-refractivity contribution in [3.05, 3.63) is 53.7 Å². The number of carbonyl (C=O) groups is 1. The highest BCUT2D eigenvalue weighted by atomic mass is 35.5. The van der Waals surface area contributed by atoms with Crippen molar-refractivity contribution in [2.45, 2.75) is 23.8 Å². The number of nitrogens with one attached hydrogen (secondary N) is 2. The molecule has 0 bridgehead atoms. The van der Waals surface area contributed by atoms with Crippen molar-refractivity contribution in [2.24, 2.45) is 0 Å². The zero-order valence-corrected chi connectivity index (χ0v) is 15.3. The summed E-state index contributed by atoms with van der Waals surface area (Å²) in [5, 5.41) is 7.27. The molecule has 2 aromatic rings. The number of hydrogen-bond acceptors (Lipinski definition) is 4. The molecule has 1 aromatic carbocycles. The van der Waals surface area contributed by atoms with E-state index in [0.29, 0.717) is 11.5 Å². The van der Waals surface area contributed by atoms with Crippen LogP contribution in [0.25, 0.3) is 0 Å². The quantitative estimate of drug-likeness (QED) is 0.808. The molecule has 1 aliphatic rings. The van der Waals surface area contributed by atoms with Gasteiger partial charge < -0.3 is 10.6 Å². The fourth-order valence-electron chi connectivity index (χ4n) is 2.81. The van der Waals surface area contributed by atoms with Gasteiger partial charge in [-0.05, 0) is 61.4 Å². The molecular formula is C18H22ClN3OS. The average molecular weight is 364 g/mol. The summed E-state index contributed by atoms with van der Waals surface area (Å²) in [4.78, 5) is 16.5. The first kappa shape index (κ1) is 18.8. The predicted molar refractivity (Wildman–Crippen MR) is 103 cm³/mol. The van der Waals surface area contributed by atoms with Crippen LogP contribution in [0.5, 0.6) is 0 Å². The van der Waals surface area contributed by atoms with E-state index < -0.39 is 0 Å². The molecule has 1 fully saturated rings. The van der Waals surface area contributed by atoms with Crippen molar-refractivity contribution in [1.82, 2.24) is 10.3 Å². The highest BCUT2D eigenvalue weighted by Crippen LogP contribution is 2.24. The first-order chi connectivity index (χ1) is 11.3. The van der Waals surface area contributed by atoms with E-state index in [1.807, 2.05) is 24.5 Å². The molecule has 0 spiro atoms. The molecule has 6 heteroatoms. The van der Waals surface area contributed by atoms with Gasteiger partial charge in [0.25, 0.3) is 5.91 Å². The number of piperidine rings is 1. The Morgan fingerprint density at radius 1 is 1.25 bits per heavy atom. The number of pyridine rings is 1. The molecule has 1 amide bonds. The minimum absolute atomic E-state index is 0. The summed E-state index contributed by atoms with van der Waals surface area (Å²) in [6, 6.07) is 11.8. The Morgan fingerprint density at radius 2 is 2.04 bits per heavy atom. The van der Waals surface area contributed by atoms with Gasteiger partial charge in [-0.15, -0.1) is 24.2 Å². The Bertz CT molecular complexity index is 655. The Labute approximate surface area is 153 Å². The second-order valence-corrected chi connectivity index (χ2v) is 6.54. The molecule has 1 aliphatic heterocycles. The van der Waals surface area contributed by atoms with E-state index in [-0.39, 0.29) is 18.3 Å². The molecule has 4 nitrogen and oxygen atoms in total.